The molecule has 1 atom stereocenters. The van der Waals surface area contributed by atoms with Crippen molar-refractivity contribution in [1.29, 1.82) is 0 Å². The van der Waals surface area contributed by atoms with Gasteiger partial charge >= 0.3 is 0 Å². The Bertz CT molecular complexity index is 1170. The summed E-state index contributed by atoms with van der Waals surface area (Å²) < 4.78 is 13.2. The van der Waals surface area contributed by atoms with E-state index in [2.05, 4.69) is 20.8 Å². The molecule has 1 N–H and O–H groups in total. The number of halogens is 1. The van der Waals surface area contributed by atoms with E-state index in [0.717, 1.165) is 29.7 Å². The Kier molecular flexibility index (Phi) is 5.07. The minimum Gasteiger partial charge on any atom is -0.493 e. The Labute approximate surface area is 183 Å². The predicted molar refractivity (Wildman–Crippen MR) is 114 cm³/mol. The van der Waals surface area contributed by atoms with Crippen LogP contribution in [0.25, 0.3) is 0 Å². The number of nitrogens with zero attached hydrogens (tertiary/aromatic N) is 4. The highest BCUT2D eigenvalue weighted by Gasteiger charge is 2.36. The van der Waals surface area contributed by atoms with Crippen LogP contribution in [0.15, 0.2) is 53.7 Å². The lowest BCUT2D eigenvalue weighted by Crippen LogP contribution is -2.31. The number of rotatable bonds is 5. The number of anilines is 1. The molecule has 0 radical (unpaired) electrons. The second-order valence-electron chi connectivity index (χ2n) is 7.47. The molecule has 0 spiro atoms. The third kappa shape index (κ3) is 3.63. The summed E-state index contributed by atoms with van der Waals surface area (Å²) in [4.78, 5) is 12.8. The second kappa shape index (κ2) is 8.03. The maximum Gasteiger partial charge on any atom is 0.248 e. The van der Waals surface area contributed by atoms with Gasteiger partial charge in [-0.3, -0.25) is 4.79 Å². The molecular weight excluding hydrogens is 418 g/mol. The number of benzene rings is 2. The topological polar surface area (TPSA) is 91.2 Å². The molecule has 1 aromatic heterocycles. The SMILES string of the molecule is COc1cc(C2C3=C(CCCC3=O)Nc3nnnn32)ccc1OCc1ccc(Cl)cc1. The number of carbonyl (C=O) groups is 1. The molecule has 1 unspecified atom stereocenters. The molecule has 0 amide bonds. The van der Waals surface area contributed by atoms with Crippen molar-refractivity contribution in [2.75, 3.05) is 12.4 Å². The number of nitrogens with one attached hydrogen (secondary N) is 1. The zero-order valence-electron chi connectivity index (χ0n) is 16.8. The molecule has 8 nitrogen and oxygen atoms in total. The molecule has 1 aliphatic heterocycles. The summed E-state index contributed by atoms with van der Waals surface area (Å²) in [6.07, 6.45) is 2.14. The van der Waals surface area contributed by atoms with Crippen molar-refractivity contribution in [3.63, 3.8) is 0 Å². The predicted octanol–water partition coefficient (Wildman–Crippen LogP) is 3.94. The van der Waals surface area contributed by atoms with Crippen molar-refractivity contribution >= 4 is 23.3 Å². The van der Waals surface area contributed by atoms with Gasteiger partial charge in [-0.15, -0.1) is 0 Å². The number of ketones is 1. The lowest BCUT2D eigenvalue weighted by Gasteiger charge is -2.31. The minimum absolute atomic E-state index is 0.113. The van der Waals surface area contributed by atoms with Crippen molar-refractivity contribution in [1.82, 2.24) is 20.2 Å². The summed E-state index contributed by atoms with van der Waals surface area (Å²) in [7, 11) is 1.59. The number of carbonyl (C=O) groups excluding carboxylic acids is 1. The molecule has 5 rings (SSSR count). The second-order valence-corrected chi connectivity index (χ2v) is 7.91. The zero-order valence-corrected chi connectivity index (χ0v) is 17.6. The maximum atomic E-state index is 12.8. The first-order valence-corrected chi connectivity index (χ1v) is 10.4. The Balaban J connectivity index is 1.48. The summed E-state index contributed by atoms with van der Waals surface area (Å²) in [5.41, 5.74) is 3.46. The molecule has 0 fully saturated rings. The highest BCUT2D eigenvalue weighted by molar-refractivity contribution is 6.30. The number of Topliss-reactive ketones (excluding diaryl/α,β-unsaturated/α-hetero) is 1. The highest BCUT2D eigenvalue weighted by atomic mass is 35.5. The highest BCUT2D eigenvalue weighted by Crippen LogP contribution is 2.41. The van der Waals surface area contributed by atoms with E-state index in [0.29, 0.717) is 41.1 Å². The van der Waals surface area contributed by atoms with Crippen LogP contribution >= 0.6 is 11.6 Å². The van der Waals surface area contributed by atoms with E-state index in [9.17, 15) is 4.79 Å². The van der Waals surface area contributed by atoms with Crippen LogP contribution in [0.2, 0.25) is 5.02 Å². The van der Waals surface area contributed by atoms with Crippen LogP contribution in [0.4, 0.5) is 5.95 Å². The molecule has 9 heteroatoms. The fraction of sp³-hybridized carbons (Fsp3) is 0.273. The van der Waals surface area contributed by atoms with Crippen molar-refractivity contribution in [2.45, 2.75) is 31.9 Å². The first-order valence-electron chi connectivity index (χ1n) is 10.0. The number of tetrazole rings is 1. The van der Waals surface area contributed by atoms with Crippen LogP contribution in [-0.4, -0.2) is 33.1 Å². The van der Waals surface area contributed by atoms with E-state index < -0.39 is 6.04 Å². The van der Waals surface area contributed by atoms with Gasteiger partial charge in [0.25, 0.3) is 0 Å². The molecule has 2 aromatic carbocycles. The largest absolute Gasteiger partial charge is 0.493 e. The van der Waals surface area contributed by atoms with Gasteiger partial charge in [0, 0.05) is 22.7 Å². The molecule has 0 bridgehead atoms. The third-order valence-electron chi connectivity index (χ3n) is 5.54. The van der Waals surface area contributed by atoms with Crippen molar-refractivity contribution in [2.24, 2.45) is 0 Å². The smallest absolute Gasteiger partial charge is 0.248 e. The fourth-order valence-electron chi connectivity index (χ4n) is 4.04. The van der Waals surface area contributed by atoms with Crippen LogP contribution in [0, 0.1) is 0 Å². The molecule has 2 heterocycles. The summed E-state index contributed by atoms with van der Waals surface area (Å²) >= 11 is 5.95. The number of ether oxygens (including phenoxy) is 2. The van der Waals surface area contributed by atoms with Crippen LogP contribution in [-0.2, 0) is 11.4 Å². The van der Waals surface area contributed by atoms with Crippen LogP contribution in [0.1, 0.15) is 36.4 Å². The van der Waals surface area contributed by atoms with Gasteiger partial charge in [0.2, 0.25) is 5.95 Å². The van der Waals surface area contributed by atoms with Crippen molar-refractivity contribution in [3.05, 3.63) is 69.9 Å². The van der Waals surface area contributed by atoms with Gasteiger partial charge in [0.05, 0.1) is 7.11 Å². The van der Waals surface area contributed by atoms with Gasteiger partial charge in [-0.2, -0.15) is 4.68 Å². The number of aromatic nitrogens is 4. The number of hydrogen-bond donors (Lipinski definition) is 1. The van der Waals surface area contributed by atoms with E-state index in [1.54, 1.807) is 11.8 Å². The zero-order chi connectivity index (χ0) is 21.4. The van der Waals surface area contributed by atoms with Crippen LogP contribution in [0.3, 0.4) is 0 Å². The normalized spacial score (nSPS) is 17.6. The van der Waals surface area contributed by atoms with Gasteiger partial charge in [0.15, 0.2) is 17.3 Å². The molecule has 2 aliphatic rings. The molecular formula is C22H20ClN5O3. The number of methoxy groups -OCH3 is 1. The van der Waals surface area contributed by atoms with Crippen LogP contribution in [0.5, 0.6) is 11.5 Å². The third-order valence-corrected chi connectivity index (χ3v) is 5.79. The summed E-state index contributed by atoms with van der Waals surface area (Å²) in [6, 6.07) is 12.7. The molecule has 0 saturated heterocycles. The number of fused-ring (bicyclic) bond motifs is 1. The van der Waals surface area contributed by atoms with Gasteiger partial charge in [-0.05, 0) is 58.7 Å². The maximum absolute atomic E-state index is 12.8. The van der Waals surface area contributed by atoms with Gasteiger partial charge in [-0.25, -0.2) is 0 Å². The first kappa shape index (κ1) is 19.6. The quantitative estimate of drug-likeness (QED) is 0.646. The first-order chi connectivity index (χ1) is 15.1. The van der Waals surface area contributed by atoms with Gasteiger partial charge in [0.1, 0.15) is 12.6 Å². The lowest BCUT2D eigenvalue weighted by molar-refractivity contribution is -0.116. The molecule has 31 heavy (non-hydrogen) atoms. The number of hydrogen-bond acceptors (Lipinski definition) is 7. The summed E-state index contributed by atoms with van der Waals surface area (Å²) in [6.45, 7) is 0.380. The molecule has 0 saturated carbocycles. The van der Waals surface area contributed by atoms with Crippen molar-refractivity contribution in [3.8, 4) is 11.5 Å². The molecule has 158 valence electrons. The van der Waals surface area contributed by atoms with E-state index in [1.807, 2.05) is 42.5 Å². The Morgan fingerprint density at radius 2 is 2.00 bits per heavy atom. The van der Waals surface area contributed by atoms with E-state index in [1.165, 1.54) is 0 Å². The Hall–Kier alpha value is -3.39. The lowest BCUT2D eigenvalue weighted by atomic mass is 9.85. The molecule has 1 aliphatic carbocycles. The average molecular weight is 438 g/mol. The Morgan fingerprint density at radius 3 is 2.81 bits per heavy atom. The van der Waals surface area contributed by atoms with Crippen LogP contribution < -0.4 is 14.8 Å². The molecule has 3 aromatic rings. The van der Waals surface area contributed by atoms with E-state index >= 15 is 0 Å². The summed E-state index contributed by atoms with van der Waals surface area (Å²) in [5.74, 6) is 1.82. The minimum atomic E-state index is -0.409. The average Bonchev–Trinajstić information content (AvgIpc) is 3.25. The number of allylic oxidation sites excluding steroid dienone is 2. The van der Waals surface area contributed by atoms with Gasteiger partial charge in [-0.1, -0.05) is 34.9 Å². The Morgan fingerprint density at radius 1 is 1.16 bits per heavy atom. The monoisotopic (exact) mass is 437 g/mol. The van der Waals surface area contributed by atoms with Crippen molar-refractivity contribution < 1.29 is 14.3 Å². The summed E-state index contributed by atoms with van der Waals surface area (Å²) in [5, 5.41) is 15.9. The fourth-order valence-corrected chi connectivity index (χ4v) is 4.17. The van der Waals surface area contributed by atoms with E-state index in [4.69, 9.17) is 21.1 Å². The van der Waals surface area contributed by atoms with E-state index in [-0.39, 0.29) is 5.78 Å². The van der Waals surface area contributed by atoms with Gasteiger partial charge < -0.3 is 14.8 Å². The standard InChI is InChI=1S/C22H20ClN5O3/c1-30-19-11-14(7-10-18(19)31-12-13-5-8-15(23)9-6-13)21-20-16(3-2-4-17(20)29)24-22-25-26-27-28(21)22/h5-11,21H,2-4,12H2,1H3,(H,24,25,27).